The average Bonchev–Trinajstić information content (AvgIpc) is 2.66. The summed E-state index contributed by atoms with van der Waals surface area (Å²) in [5, 5.41) is 3.07. The van der Waals surface area contributed by atoms with E-state index < -0.39 is 0 Å². The number of nitrogens with zero attached hydrogens (tertiary/aromatic N) is 1. The van der Waals surface area contributed by atoms with Crippen molar-refractivity contribution in [2.45, 2.75) is 17.6 Å². The molecule has 1 heterocycles. The molecular formula is C11H11FN2S2. The van der Waals surface area contributed by atoms with Crippen LogP contribution in [0.1, 0.15) is 10.7 Å². The van der Waals surface area contributed by atoms with Gasteiger partial charge in [-0.1, -0.05) is 0 Å². The van der Waals surface area contributed by atoms with Crippen LogP contribution in [0, 0.1) is 12.7 Å². The molecule has 0 bridgehead atoms. The SMILES string of the molecule is Cc1csc(CSc2ccc(N)c(F)c2)n1. The quantitative estimate of drug-likeness (QED) is 0.673. The molecule has 0 saturated carbocycles. The molecule has 0 spiro atoms. The molecule has 1 aromatic heterocycles. The summed E-state index contributed by atoms with van der Waals surface area (Å²) in [4.78, 5) is 5.22. The molecule has 2 aromatic rings. The summed E-state index contributed by atoms with van der Waals surface area (Å²) < 4.78 is 13.2. The molecule has 0 amide bonds. The number of halogens is 1. The molecular weight excluding hydrogens is 243 g/mol. The van der Waals surface area contributed by atoms with E-state index in [0.29, 0.717) is 0 Å². The summed E-state index contributed by atoms with van der Waals surface area (Å²) >= 11 is 3.19. The Hall–Kier alpha value is -1.07. The first-order chi connectivity index (χ1) is 7.65. The Morgan fingerprint density at radius 3 is 2.94 bits per heavy atom. The predicted molar refractivity (Wildman–Crippen MR) is 67.2 cm³/mol. The molecule has 2 rings (SSSR count). The minimum Gasteiger partial charge on any atom is -0.396 e. The van der Waals surface area contributed by atoms with Gasteiger partial charge in [-0.25, -0.2) is 9.37 Å². The number of aromatic nitrogens is 1. The minimum atomic E-state index is -0.361. The van der Waals surface area contributed by atoms with Crippen molar-refractivity contribution in [3.05, 3.63) is 40.1 Å². The molecule has 0 aliphatic carbocycles. The van der Waals surface area contributed by atoms with Gasteiger partial charge in [0.05, 0.1) is 11.4 Å². The van der Waals surface area contributed by atoms with E-state index in [2.05, 4.69) is 4.98 Å². The van der Waals surface area contributed by atoms with Gasteiger partial charge in [0.15, 0.2) is 0 Å². The molecule has 16 heavy (non-hydrogen) atoms. The summed E-state index contributed by atoms with van der Waals surface area (Å²) in [5.41, 5.74) is 6.63. The van der Waals surface area contributed by atoms with Gasteiger partial charge < -0.3 is 5.73 Å². The van der Waals surface area contributed by atoms with Crippen LogP contribution in [0.5, 0.6) is 0 Å². The maximum absolute atomic E-state index is 13.2. The molecule has 0 aliphatic heterocycles. The Kier molecular flexibility index (Phi) is 3.46. The highest BCUT2D eigenvalue weighted by Crippen LogP contribution is 2.26. The highest BCUT2D eigenvalue weighted by Gasteiger charge is 2.03. The maximum Gasteiger partial charge on any atom is 0.147 e. The fourth-order valence-corrected chi connectivity index (χ4v) is 2.92. The van der Waals surface area contributed by atoms with E-state index in [1.807, 2.05) is 18.4 Å². The Morgan fingerprint density at radius 2 is 2.31 bits per heavy atom. The van der Waals surface area contributed by atoms with E-state index in [-0.39, 0.29) is 11.5 Å². The highest BCUT2D eigenvalue weighted by molar-refractivity contribution is 7.98. The van der Waals surface area contributed by atoms with Gasteiger partial charge in [-0.05, 0) is 25.1 Å². The van der Waals surface area contributed by atoms with Crippen LogP contribution in [0.25, 0.3) is 0 Å². The van der Waals surface area contributed by atoms with Crippen molar-refractivity contribution < 1.29 is 4.39 Å². The third-order valence-electron chi connectivity index (χ3n) is 2.00. The fourth-order valence-electron chi connectivity index (χ4n) is 1.21. The number of rotatable bonds is 3. The molecule has 0 saturated heterocycles. The lowest BCUT2D eigenvalue weighted by molar-refractivity contribution is 0.629. The van der Waals surface area contributed by atoms with Crippen LogP contribution in [-0.4, -0.2) is 4.98 Å². The first kappa shape index (κ1) is 11.4. The van der Waals surface area contributed by atoms with E-state index >= 15 is 0 Å². The number of anilines is 1. The Morgan fingerprint density at radius 1 is 1.50 bits per heavy atom. The monoisotopic (exact) mass is 254 g/mol. The van der Waals surface area contributed by atoms with Gasteiger partial charge in [0, 0.05) is 16.0 Å². The van der Waals surface area contributed by atoms with Gasteiger partial charge in [0.25, 0.3) is 0 Å². The van der Waals surface area contributed by atoms with E-state index in [4.69, 9.17) is 5.73 Å². The standard InChI is InChI=1S/C11H11FN2S2/c1-7-5-16-11(14-7)6-15-8-2-3-10(13)9(12)4-8/h2-5H,6,13H2,1H3. The van der Waals surface area contributed by atoms with Crippen molar-refractivity contribution >= 4 is 28.8 Å². The summed E-state index contributed by atoms with van der Waals surface area (Å²) in [6.07, 6.45) is 0. The maximum atomic E-state index is 13.2. The lowest BCUT2D eigenvalue weighted by Crippen LogP contribution is -1.89. The zero-order chi connectivity index (χ0) is 11.5. The number of thioether (sulfide) groups is 1. The molecule has 2 N–H and O–H groups in total. The molecule has 0 atom stereocenters. The van der Waals surface area contributed by atoms with Gasteiger partial charge >= 0.3 is 0 Å². The Bertz CT molecular complexity index is 496. The van der Waals surface area contributed by atoms with Crippen molar-refractivity contribution in [3.63, 3.8) is 0 Å². The summed E-state index contributed by atoms with van der Waals surface area (Å²) in [6.45, 7) is 1.97. The van der Waals surface area contributed by atoms with Gasteiger partial charge in [-0.3, -0.25) is 0 Å². The van der Waals surface area contributed by atoms with Crippen molar-refractivity contribution in [2.75, 3.05) is 5.73 Å². The normalized spacial score (nSPS) is 10.6. The van der Waals surface area contributed by atoms with Crippen LogP contribution in [0.2, 0.25) is 0 Å². The van der Waals surface area contributed by atoms with Gasteiger partial charge in [-0.2, -0.15) is 0 Å². The molecule has 0 unspecified atom stereocenters. The number of nitrogens with two attached hydrogens (primary N) is 1. The van der Waals surface area contributed by atoms with Crippen LogP contribution in [0.3, 0.4) is 0 Å². The van der Waals surface area contributed by atoms with Crippen LogP contribution in [0.4, 0.5) is 10.1 Å². The second-order valence-corrected chi connectivity index (χ2v) is 5.35. The number of thiazole rings is 1. The van der Waals surface area contributed by atoms with Crippen LogP contribution in [0.15, 0.2) is 28.5 Å². The molecule has 0 radical (unpaired) electrons. The molecule has 0 fully saturated rings. The fraction of sp³-hybridized carbons (Fsp3) is 0.182. The molecule has 0 aliphatic rings. The predicted octanol–water partition coefficient (Wildman–Crippen LogP) is 3.47. The summed E-state index contributed by atoms with van der Waals surface area (Å²) in [6, 6.07) is 4.87. The van der Waals surface area contributed by atoms with Gasteiger partial charge in [-0.15, -0.1) is 23.1 Å². The van der Waals surface area contributed by atoms with Gasteiger partial charge in [0.1, 0.15) is 10.8 Å². The Balaban J connectivity index is 2.02. The van der Waals surface area contributed by atoms with Crippen molar-refractivity contribution in [3.8, 4) is 0 Å². The van der Waals surface area contributed by atoms with E-state index in [0.717, 1.165) is 21.3 Å². The average molecular weight is 254 g/mol. The van der Waals surface area contributed by atoms with Crippen LogP contribution in [-0.2, 0) is 5.75 Å². The van der Waals surface area contributed by atoms with E-state index in [1.165, 1.54) is 6.07 Å². The zero-order valence-corrected chi connectivity index (χ0v) is 10.4. The molecule has 2 nitrogen and oxygen atoms in total. The zero-order valence-electron chi connectivity index (χ0n) is 8.74. The number of hydrogen-bond donors (Lipinski definition) is 1. The van der Waals surface area contributed by atoms with Crippen LogP contribution >= 0.6 is 23.1 Å². The number of hydrogen-bond acceptors (Lipinski definition) is 4. The first-order valence-corrected chi connectivity index (χ1v) is 6.60. The van der Waals surface area contributed by atoms with Crippen molar-refractivity contribution in [2.24, 2.45) is 0 Å². The van der Waals surface area contributed by atoms with E-state index in [9.17, 15) is 4.39 Å². The largest absolute Gasteiger partial charge is 0.396 e. The highest BCUT2D eigenvalue weighted by atomic mass is 32.2. The van der Waals surface area contributed by atoms with E-state index in [1.54, 1.807) is 29.2 Å². The third-order valence-corrected chi connectivity index (χ3v) is 4.16. The number of nitrogen functional groups attached to an aromatic ring is 1. The lowest BCUT2D eigenvalue weighted by Gasteiger charge is -2.01. The summed E-state index contributed by atoms with van der Waals surface area (Å²) in [7, 11) is 0. The van der Waals surface area contributed by atoms with Crippen molar-refractivity contribution in [1.82, 2.24) is 4.98 Å². The Labute approximate surface area is 102 Å². The number of aryl methyl sites for hydroxylation is 1. The molecule has 1 aromatic carbocycles. The van der Waals surface area contributed by atoms with Crippen molar-refractivity contribution in [1.29, 1.82) is 0 Å². The second kappa shape index (κ2) is 4.84. The summed E-state index contributed by atoms with van der Waals surface area (Å²) in [5.74, 6) is 0.405. The molecule has 84 valence electrons. The number of benzene rings is 1. The topological polar surface area (TPSA) is 38.9 Å². The first-order valence-electron chi connectivity index (χ1n) is 4.74. The van der Waals surface area contributed by atoms with Gasteiger partial charge in [0.2, 0.25) is 0 Å². The minimum absolute atomic E-state index is 0.189. The third kappa shape index (κ3) is 2.74. The lowest BCUT2D eigenvalue weighted by atomic mass is 10.3. The smallest absolute Gasteiger partial charge is 0.147 e. The second-order valence-electron chi connectivity index (χ2n) is 3.35. The van der Waals surface area contributed by atoms with Crippen LogP contribution < -0.4 is 5.73 Å². The molecule has 5 heteroatoms.